The van der Waals surface area contributed by atoms with Crippen LogP contribution < -0.4 is 5.32 Å². The second kappa shape index (κ2) is 6.17. The summed E-state index contributed by atoms with van der Waals surface area (Å²) in [5, 5.41) is 3.31. The number of nitrogens with one attached hydrogen (secondary N) is 1. The van der Waals surface area contributed by atoms with E-state index < -0.39 is 0 Å². The fourth-order valence-electron chi connectivity index (χ4n) is 3.47. The lowest BCUT2D eigenvalue weighted by molar-refractivity contribution is -0.126. The van der Waals surface area contributed by atoms with Crippen LogP contribution in [0.3, 0.4) is 0 Å². The SMILES string of the molecule is O=C(NC1CCCCC1Cl)C1CCc2ccccc2C1. The second-order valence-corrected chi connectivity index (χ2v) is 6.68. The Morgan fingerprint density at radius 3 is 2.65 bits per heavy atom. The lowest BCUT2D eigenvalue weighted by Gasteiger charge is -2.31. The van der Waals surface area contributed by atoms with Crippen LogP contribution in [0.15, 0.2) is 24.3 Å². The molecule has 2 nitrogen and oxygen atoms in total. The average molecular weight is 292 g/mol. The first-order valence-corrected chi connectivity index (χ1v) is 8.19. The van der Waals surface area contributed by atoms with Gasteiger partial charge in [0.05, 0.1) is 5.38 Å². The van der Waals surface area contributed by atoms with E-state index >= 15 is 0 Å². The van der Waals surface area contributed by atoms with Gasteiger partial charge in [-0.1, -0.05) is 37.1 Å². The van der Waals surface area contributed by atoms with Crippen molar-refractivity contribution in [2.24, 2.45) is 5.92 Å². The van der Waals surface area contributed by atoms with Gasteiger partial charge in [0.2, 0.25) is 5.91 Å². The third-order valence-electron chi connectivity index (χ3n) is 4.73. The quantitative estimate of drug-likeness (QED) is 0.831. The number of hydrogen-bond acceptors (Lipinski definition) is 1. The van der Waals surface area contributed by atoms with Gasteiger partial charge in [-0.05, 0) is 43.2 Å². The van der Waals surface area contributed by atoms with E-state index in [0.29, 0.717) is 0 Å². The summed E-state index contributed by atoms with van der Waals surface area (Å²) in [4.78, 5) is 12.5. The Morgan fingerprint density at radius 1 is 1.10 bits per heavy atom. The van der Waals surface area contributed by atoms with Crippen molar-refractivity contribution in [3.63, 3.8) is 0 Å². The molecule has 0 radical (unpaired) electrons. The molecule has 0 bridgehead atoms. The van der Waals surface area contributed by atoms with Crippen molar-refractivity contribution >= 4 is 17.5 Å². The highest BCUT2D eigenvalue weighted by atomic mass is 35.5. The molecule has 20 heavy (non-hydrogen) atoms. The third-order valence-corrected chi connectivity index (χ3v) is 5.25. The van der Waals surface area contributed by atoms with Gasteiger partial charge in [-0.15, -0.1) is 11.6 Å². The highest BCUT2D eigenvalue weighted by Crippen LogP contribution is 2.27. The fraction of sp³-hybridized carbons (Fsp3) is 0.588. The standard InChI is InChI=1S/C17H22ClNO/c18-15-7-3-4-8-16(15)19-17(20)14-10-9-12-5-1-2-6-13(12)11-14/h1-2,5-6,14-16H,3-4,7-11H2,(H,19,20). The highest BCUT2D eigenvalue weighted by Gasteiger charge is 2.29. The molecule has 2 aliphatic carbocycles. The lowest BCUT2D eigenvalue weighted by Crippen LogP contribution is -2.46. The summed E-state index contributed by atoms with van der Waals surface area (Å²) in [6.45, 7) is 0. The summed E-state index contributed by atoms with van der Waals surface area (Å²) in [6.07, 6.45) is 7.29. The number of amides is 1. The Labute approximate surface area is 125 Å². The Morgan fingerprint density at radius 2 is 1.85 bits per heavy atom. The third kappa shape index (κ3) is 3.01. The molecule has 0 saturated heterocycles. The van der Waals surface area contributed by atoms with Crippen molar-refractivity contribution in [3.05, 3.63) is 35.4 Å². The molecular formula is C17H22ClNO. The van der Waals surface area contributed by atoms with E-state index in [4.69, 9.17) is 11.6 Å². The zero-order valence-corrected chi connectivity index (χ0v) is 12.5. The number of alkyl halides is 1. The molecule has 1 saturated carbocycles. The molecule has 3 heteroatoms. The van der Waals surface area contributed by atoms with Gasteiger partial charge in [0.1, 0.15) is 0 Å². The van der Waals surface area contributed by atoms with Gasteiger partial charge in [-0.25, -0.2) is 0 Å². The molecule has 1 aromatic rings. The van der Waals surface area contributed by atoms with Crippen molar-refractivity contribution in [2.75, 3.05) is 0 Å². The van der Waals surface area contributed by atoms with Crippen molar-refractivity contribution in [2.45, 2.75) is 56.4 Å². The van der Waals surface area contributed by atoms with E-state index in [1.165, 1.54) is 24.0 Å². The summed E-state index contributed by atoms with van der Waals surface area (Å²) in [5.74, 6) is 0.327. The minimum atomic E-state index is 0.114. The van der Waals surface area contributed by atoms with Crippen LogP contribution in [0.5, 0.6) is 0 Å². The Balaban J connectivity index is 1.61. The maximum atomic E-state index is 12.5. The predicted molar refractivity (Wildman–Crippen MR) is 82.0 cm³/mol. The van der Waals surface area contributed by atoms with Gasteiger partial charge in [0.25, 0.3) is 0 Å². The average Bonchev–Trinajstić information content (AvgIpc) is 2.49. The summed E-state index contributed by atoms with van der Waals surface area (Å²) >= 11 is 6.33. The Hall–Kier alpha value is -1.02. The number of fused-ring (bicyclic) bond motifs is 1. The van der Waals surface area contributed by atoms with Crippen LogP contribution in [-0.4, -0.2) is 17.3 Å². The molecule has 1 amide bonds. The highest BCUT2D eigenvalue weighted by molar-refractivity contribution is 6.21. The van der Waals surface area contributed by atoms with Crippen LogP contribution in [0.2, 0.25) is 0 Å². The van der Waals surface area contributed by atoms with E-state index in [9.17, 15) is 4.79 Å². The van der Waals surface area contributed by atoms with Crippen molar-refractivity contribution < 1.29 is 4.79 Å². The Kier molecular flexibility index (Phi) is 4.30. The smallest absolute Gasteiger partial charge is 0.223 e. The van der Waals surface area contributed by atoms with E-state index in [-0.39, 0.29) is 23.2 Å². The van der Waals surface area contributed by atoms with Crippen LogP contribution >= 0.6 is 11.6 Å². The summed E-state index contributed by atoms with van der Waals surface area (Å²) in [5.41, 5.74) is 2.74. The number of benzene rings is 1. The van der Waals surface area contributed by atoms with Gasteiger partial charge in [-0.2, -0.15) is 0 Å². The zero-order valence-electron chi connectivity index (χ0n) is 11.8. The molecule has 3 atom stereocenters. The summed E-state index contributed by atoms with van der Waals surface area (Å²) < 4.78 is 0. The maximum Gasteiger partial charge on any atom is 0.223 e. The molecule has 0 aromatic heterocycles. The van der Waals surface area contributed by atoms with Crippen molar-refractivity contribution in [1.29, 1.82) is 0 Å². The topological polar surface area (TPSA) is 29.1 Å². The number of carbonyl (C=O) groups excluding carboxylic acids is 1. The van der Waals surface area contributed by atoms with Crippen molar-refractivity contribution in [3.8, 4) is 0 Å². The molecule has 1 aromatic carbocycles. The summed E-state index contributed by atoms with van der Waals surface area (Å²) in [6, 6.07) is 8.66. The molecule has 1 fully saturated rings. The molecule has 3 rings (SSSR count). The van der Waals surface area contributed by atoms with Gasteiger partial charge >= 0.3 is 0 Å². The van der Waals surface area contributed by atoms with Gasteiger partial charge in [-0.3, -0.25) is 4.79 Å². The van der Waals surface area contributed by atoms with Gasteiger partial charge < -0.3 is 5.32 Å². The largest absolute Gasteiger partial charge is 0.352 e. The van der Waals surface area contributed by atoms with Gasteiger partial charge in [0.15, 0.2) is 0 Å². The van der Waals surface area contributed by atoms with Gasteiger partial charge in [0, 0.05) is 12.0 Å². The summed E-state index contributed by atoms with van der Waals surface area (Å²) in [7, 11) is 0. The number of aryl methyl sites for hydroxylation is 1. The monoisotopic (exact) mass is 291 g/mol. The van der Waals surface area contributed by atoms with Crippen LogP contribution in [-0.2, 0) is 17.6 Å². The Bertz CT molecular complexity index is 488. The number of rotatable bonds is 2. The molecule has 0 heterocycles. The minimum absolute atomic E-state index is 0.114. The molecule has 108 valence electrons. The van der Waals surface area contributed by atoms with Crippen LogP contribution in [0.4, 0.5) is 0 Å². The second-order valence-electron chi connectivity index (χ2n) is 6.12. The molecule has 2 aliphatic rings. The first kappa shape index (κ1) is 13.9. The predicted octanol–water partition coefficient (Wildman–Crippen LogP) is 3.46. The van der Waals surface area contributed by atoms with Crippen LogP contribution in [0, 0.1) is 5.92 Å². The molecule has 1 N–H and O–H groups in total. The van der Waals surface area contributed by atoms with Crippen LogP contribution in [0.1, 0.15) is 43.2 Å². The first-order chi connectivity index (χ1) is 9.74. The van der Waals surface area contributed by atoms with Crippen LogP contribution in [0.25, 0.3) is 0 Å². The number of hydrogen-bond donors (Lipinski definition) is 1. The van der Waals surface area contributed by atoms with E-state index in [2.05, 4.69) is 29.6 Å². The van der Waals surface area contributed by atoms with E-state index in [0.717, 1.165) is 32.1 Å². The minimum Gasteiger partial charge on any atom is -0.352 e. The lowest BCUT2D eigenvalue weighted by atomic mass is 9.83. The maximum absolute atomic E-state index is 12.5. The zero-order chi connectivity index (χ0) is 13.9. The van der Waals surface area contributed by atoms with E-state index in [1.807, 2.05) is 0 Å². The molecule has 0 aliphatic heterocycles. The normalized spacial score (nSPS) is 29.6. The van der Waals surface area contributed by atoms with E-state index in [1.54, 1.807) is 0 Å². The molecule has 0 spiro atoms. The number of carbonyl (C=O) groups is 1. The van der Waals surface area contributed by atoms with Crippen molar-refractivity contribution in [1.82, 2.24) is 5.32 Å². The first-order valence-electron chi connectivity index (χ1n) is 7.75. The number of halogens is 1. The molecule has 3 unspecified atom stereocenters. The molecular weight excluding hydrogens is 270 g/mol. The fourth-order valence-corrected chi connectivity index (χ4v) is 3.81.